The van der Waals surface area contributed by atoms with Gasteiger partial charge >= 0.3 is 0 Å². The molecule has 0 amide bonds. The molecule has 4 nitrogen and oxygen atoms in total. The van der Waals surface area contributed by atoms with Gasteiger partial charge in [0.05, 0.1) is 18.8 Å². The number of aliphatic hydroxyl groups is 1. The minimum absolute atomic E-state index is 0.0213. The molecule has 0 heterocycles. The van der Waals surface area contributed by atoms with Crippen molar-refractivity contribution < 1.29 is 14.6 Å². The molecular weight excluding hydrogens is 254 g/mol. The van der Waals surface area contributed by atoms with Crippen LogP contribution < -0.4 is 10.1 Å². The summed E-state index contributed by atoms with van der Waals surface area (Å²) in [6, 6.07) is 6.81. The largest absolute Gasteiger partial charge is 0.491 e. The molecule has 0 aliphatic carbocycles. The van der Waals surface area contributed by atoms with E-state index in [1.54, 1.807) is 12.1 Å². The number of hydrogen-bond donors (Lipinski definition) is 2. The molecule has 0 aliphatic heterocycles. The Morgan fingerprint density at radius 2 is 1.85 bits per heavy atom. The van der Waals surface area contributed by atoms with Gasteiger partial charge in [-0.05, 0) is 51.5 Å². The standard InChI is InChI=1S/C16H25NO3/c1-5-14(10-18)17-12(4)16(19)13-6-8-15(9-7-13)20-11(2)3/h6-9,11-12,14,17-18H,5,10H2,1-4H3. The van der Waals surface area contributed by atoms with E-state index in [2.05, 4.69) is 5.32 Å². The van der Waals surface area contributed by atoms with Crippen LogP contribution in [0.3, 0.4) is 0 Å². The van der Waals surface area contributed by atoms with Crippen LogP contribution in [-0.4, -0.2) is 35.7 Å². The van der Waals surface area contributed by atoms with Gasteiger partial charge in [-0.3, -0.25) is 4.79 Å². The molecule has 0 saturated heterocycles. The molecule has 2 atom stereocenters. The van der Waals surface area contributed by atoms with Crippen molar-refractivity contribution in [2.45, 2.75) is 52.3 Å². The Labute approximate surface area is 121 Å². The molecule has 0 fully saturated rings. The SMILES string of the molecule is CCC(CO)NC(C)C(=O)c1ccc(OC(C)C)cc1. The fraction of sp³-hybridized carbons (Fsp3) is 0.562. The van der Waals surface area contributed by atoms with E-state index >= 15 is 0 Å². The van der Waals surface area contributed by atoms with Crippen molar-refractivity contribution in [1.29, 1.82) is 0 Å². The minimum atomic E-state index is -0.316. The third-order valence-electron chi connectivity index (χ3n) is 3.10. The lowest BCUT2D eigenvalue weighted by Gasteiger charge is -2.19. The number of ether oxygens (including phenoxy) is 1. The monoisotopic (exact) mass is 279 g/mol. The van der Waals surface area contributed by atoms with E-state index in [1.165, 1.54) is 0 Å². The smallest absolute Gasteiger partial charge is 0.179 e. The first-order valence-electron chi connectivity index (χ1n) is 7.15. The minimum Gasteiger partial charge on any atom is -0.491 e. The second-order valence-electron chi connectivity index (χ2n) is 5.23. The van der Waals surface area contributed by atoms with Gasteiger partial charge in [0.2, 0.25) is 0 Å². The first-order valence-corrected chi connectivity index (χ1v) is 7.15. The summed E-state index contributed by atoms with van der Waals surface area (Å²) in [6.45, 7) is 7.76. The zero-order chi connectivity index (χ0) is 15.1. The average molecular weight is 279 g/mol. The van der Waals surface area contributed by atoms with Gasteiger partial charge in [0.15, 0.2) is 5.78 Å². The summed E-state index contributed by atoms with van der Waals surface area (Å²) in [5.74, 6) is 0.784. The van der Waals surface area contributed by atoms with Crippen LogP contribution in [-0.2, 0) is 0 Å². The molecular formula is C16H25NO3. The normalized spacial score (nSPS) is 14.1. The molecule has 1 aromatic carbocycles. The highest BCUT2D eigenvalue weighted by Crippen LogP contribution is 2.15. The van der Waals surface area contributed by atoms with Gasteiger partial charge in [-0.25, -0.2) is 0 Å². The number of Topliss-reactive ketones (excluding diaryl/α,β-unsaturated/α-hetero) is 1. The van der Waals surface area contributed by atoms with Crippen molar-refractivity contribution in [2.75, 3.05) is 6.61 Å². The Bertz CT molecular complexity index is 410. The number of hydrogen-bond acceptors (Lipinski definition) is 4. The molecule has 0 saturated carbocycles. The molecule has 2 unspecified atom stereocenters. The molecule has 2 N–H and O–H groups in total. The Kier molecular flexibility index (Phi) is 6.68. The molecule has 1 rings (SSSR count). The van der Waals surface area contributed by atoms with Gasteiger partial charge in [0.25, 0.3) is 0 Å². The first kappa shape index (κ1) is 16.7. The average Bonchev–Trinajstić information content (AvgIpc) is 2.43. The number of aliphatic hydroxyl groups excluding tert-OH is 1. The summed E-state index contributed by atoms with van der Waals surface area (Å²) in [5, 5.41) is 12.3. The summed E-state index contributed by atoms with van der Waals surface area (Å²) in [5.41, 5.74) is 0.647. The number of nitrogens with one attached hydrogen (secondary N) is 1. The Hall–Kier alpha value is -1.39. The molecule has 112 valence electrons. The number of rotatable bonds is 8. The number of carbonyl (C=O) groups excluding carboxylic acids is 1. The van der Waals surface area contributed by atoms with E-state index < -0.39 is 0 Å². The molecule has 1 aromatic rings. The van der Waals surface area contributed by atoms with E-state index in [-0.39, 0.29) is 30.6 Å². The third-order valence-corrected chi connectivity index (χ3v) is 3.10. The maximum Gasteiger partial charge on any atom is 0.179 e. The zero-order valence-electron chi connectivity index (χ0n) is 12.7. The maximum atomic E-state index is 12.3. The molecule has 0 aromatic heterocycles. The van der Waals surface area contributed by atoms with Crippen molar-refractivity contribution in [3.8, 4) is 5.75 Å². The summed E-state index contributed by atoms with van der Waals surface area (Å²) in [6.07, 6.45) is 0.905. The van der Waals surface area contributed by atoms with Crippen LogP contribution >= 0.6 is 0 Å². The van der Waals surface area contributed by atoms with E-state index in [0.29, 0.717) is 5.56 Å². The van der Waals surface area contributed by atoms with Crippen molar-refractivity contribution in [1.82, 2.24) is 5.32 Å². The quantitative estimate of drug-likeness (QED) is 0.717. The Morgan fingerprint density at radius 1 is 1.25 bits per heavy atom. The van der Waals surface area contributed by atoms with Gasteiger partial charge in [-0.1, -0.05) is 6.92 Å². The molecule has 0 aliphatic rings. The molecule has 0 bridgehead atoms. The van der Waals surface area contributed by atoms with Crippen molar-refractivity contribution in [3.05, 3.63) is 29.8 Å². The second-order valence-corrected chi connectivity index (χ2v) is 5.23. The lowest BCUT2D eigenvalue weighted by Crippen LogP contribution is -2.42. The third kappa shape index (κ3) is 4.94. The lowest BCUT2D eigenvalue weighted by molar-refractivity contribution is 0.0936. The van der Waals surface area contributed by atoms with Gasteiger partial charge in [0.1, 0.15) is 5.75 Å². The maximum absolute atomic E-state index is 12.3. The summed E-state index contributed by atoms with van der Waals surface area (Å²) >= 11 is 0. The Morgan fingerprint density at radius 3 is 2.30 bits per heavy atom. The number of ketones is 1. The lowest BCUT2D eigenvalue weighted by atomic mass is 10.0. The van der Waals surface area contributed by atoms with E-state index in [1.807, 2.05) is 39.8 Å². The van der Waals surface area contributed by atoms with E-state index in [9.17, 15) is 4.79 Å². The topological polar surface area (TPSA) is 58.6 Å². The van der Waals surface area contributed by atoms with Crippen molar-refractivity contribution in [3.63, 3.8) is 0 Å². The summed E-state index contributed by atoms with van der Waals surface area (Å²) < 4.78 is 5.55. The number of benzene rings is 1. The molecule has 0 radical (unpaired) electrons. The predicted molar refractivity (Wildman–Crippen MR) is 80.3 cm³/mol. The summed E-state index contributed by atoms with van der Waals surface area (Å²) in [7, 11) is 0. The highest BCUT2D eigenvalue weighted by atomic mass is 16.5. The van der Waals surface area contributed by atoms with Crippen LogP contribution in [0.5, 0.6) is 5.75 Å². The fourth-order valence-corrected chi connectivity index (χ4v) is 1.95. The van der Waals surface area contributed by atoms with Crippen LogP contribution in [0, 0.1) is 0 Å². The van der Waals surface area contributed by atoms with Gasteiger partial charge < -0.3 is 15.2 Å². The second kappa shape index (κ2) is 8.02. The zero-order valence-corrected chi connectivity index (χ0v) is 12.7. The molecule has 0 spiro atoms. The van der Waals surface area contributed by atoms with Gasteiger partial charge in [0, 0.05) is 11.6 Å². The highest BCUT2D eigenvalue weighted by Gasteiger charge is 2.18. The van der Waals surface area contributed by atoms with Crippen molar-refractivity contribution >= 4 is 5.78 Å². The van der Waals surface area contributed by atoms with E-state index in [4.69, 9.17) is 9.84 Å². The van der Waals surface area contributed by atoms with Gasteiger partial charge in [-0.2, -0.15) is 0 Å². The number of carbonyl (C=O) groups is 1. The molecule has 20 heavy (non-hydrogen) atoms. The van der Waals surface area contributed by atoms with Gasteiger partial charge in [-0.15, -0.1) is 0 Å². The van der Waals surface area contributed by atoms with Crippen LogP contribution in [0.25, 0.3) is 0 Å². The van der Waals surface area contributed by atoms with E-state index in [0.717, 1.165) is 12.2 Å². The van der Waals surface area contributed by atoms with Crippen LogP contribution in [0.4, 0.5) is 0 Å². The predicted octanol–water partition coefficient (Wildman–Crippen LogP) is 2.41. The highest BCUT2D eigenvalue weighted by molar-refractivity contribution is 5.99. The van der Waals surface area contributed by atoms with Crippen LogP contribution in [0.1, 0.15) is 44.5 Å². The van der Waals surface area contributed by atoms with Crippen LogP contribution in [0.15, 0.2) is 24.3 Å². The fourth-order valence-electron chi connectivity index (χ4n) is 1.95. The summed E-state index contributed by atoms with van der Waals surface area (Å²) in [4.78, 5) is 12.3. The first-order chi connectivity index (χ1) is 9.47. The van der Waals surface area contributed by atoms with Crippen LogP contribution in [0.2, 0.25) is 0 Å². The Balaban J connectivity index is 2.67. The van der Waals surface area contributed by atoms with Crippen molar-refractivity contribution in [2.24, 2.45) is 0 Å². The molecule has 4 heteroatoms.